The van der Waals surface area contributed by atoms with Crippen LogP contribution < -0.4 is 5.32 Å². The van der Waals surface area contributed by atoms with Crippen LogP contribution in [0.4, 0.5) is 5.69 Å². The van der Waals surface area contributed by atoms with E-state index in [1.54, 1.807) is 0 Å². The molecule has 0 aromatic heterocycles. The van der Waals surface area contributed by atoms with Gasteiger partial charge in [-0.25, -0.2) is 0 Å². The molecule has 1 aromatic carbocycles. The third kappa shape index (κ3) is 2.99. The molecule has 3 heteroatoms. The molecule has 1 N–H and O–H groups in total. The molecule has 2 aliphatic heterocycles. The smallest absolute Gasteiger partial charge is 0.0340 e. The van der Waals surface area contributed by atoms with E-state index in [0.29, 0.717) is 12.1 Å². The third-order valence-electron chi connectivity index (χ3n) is 4.93. The number of fused-ring (bicyclic) bond motifs is 1. The molecule has 0 bridgehead atoms. The fourth-order valence-electron chi connectivity index (χ4n) is 3.76. The maximum Gasteiger partial charge on any atom is 0.0340 e. The number of benzene rings is 1. The zero-order valence-electron chi connectivity index (χ0n) is 12.8. The molecule has 3 atom stereocenters. The van der Waals surface area contributed by atoms with Crippen molar-refractivity contribution in [2.24, 2.45) is 0 Å². The highest BCUT2D eigenvalue weighted by Gasteiger charge is 2.35. The van der Waals surface area contributed by atoms with Gasteiger partial charge in [0, 0.05) is 43.4 Å². The van der Waals surface area contributed by atoms with Crippen LogP contribution in [0, 0.1) is 0 Å². The van der Waals surface area contributed by atoms with E-state index in [4.69, 9.17) is 0 Å². The highest BCUT2D eigenvalue weighted by Crippen LogP contribution is 2.25. The van der Waals surface area contributed by atoms with Crippen LogP contribution in [-0.4, -0.2) is 54.1 Å². The Morgan fingerprint density at radius 3 is 2.85 bits per heavy atom. The summed E-state index contributed by atoms with van der Waals surface area (Å²) >= 11 is 0. The first-order valence-corrected chi connectivity index (χ1v) is 8.03. The number of nitrogens with zero attached hydrogens (tertiary/aromatic N) is 2. The molecule has 0 radical (unpaired) electrons. The molecular formula is C17H27N3. The summed E-state index contributed by atoms with van der Waals surface area (Å²) < 4.78 is 0. The van der Waals surface area contributed by atoms with E-state index in [1.165, 1.54) is 38.2 Å². The third-order valence-corrected chi connectivity index (χ3v) is 4.93. The van der Waals surface area contributed by atoms with Crippen molar-refractivity contribution < 1.29 is 0 Å². The van der Waals surface area contributed by atoms with Gasteiger partial charge in [-0.05, 0) is 45.4 Å². The second-order valence-corrected chi connectivity index (χ2v) is 6.43. The van der Waals surface area contributed by atoms with Gasteiger partial charge >= 0.3 is 0 Å². The SMILES string of the molecule is CC(CNc1ccccc1)N1CC2CCCN2CC1C. The number of anilines is 1. The van der Waals surface area contributed by atoms with E-state index in [0.717, 1.165) is 12.6 Å². The normalized spacial score (nSPS) is 29.1. The standard InChI is InChI=1S/C17H27N3/c1-14(11-18-16-7-4-3-5-8-16)20-13-17-9-6-10-19(17)12-15(20)2/h3-5,7-8,14-15,17-18H,6,9-13H2,1-2H3. The highest BCUT2D eigenvalue weighted by atomic mass is 15.3. The van der Waals surface area contributed by atoms with Crippen molar-refractivity contribution in [3.05, 3.63) is 30.3 Å². The minimum atomic E-state index is 0.591. The lowest BCUT2D eigenvalue weighted by Crippen LogP contribution is -2.58. The summed E-state index contributed by atoms with van der Waals surface area (Å²) in [6, 6.07) is 12.6. The monoisotopic (exact) mass is 273 g/mol. The van der Waals surface area contributed by atoms with E-state index in [1.807, 2.05) is 0 Å². The Kier molecular flexibility index (Phi) is 4.27. The summed E-state index contributed by atoms with van der Waals surface area (Å²) in [7, 11) is 0. The Morgan fingerprint density at radius 2 is 2.05 bits per heavy atom. The molecule has 3 unspecified atom stereocenters. The molecule has 2 aliphatic rings. The average molecular weight is 273 g/mol. The molecule has 0 saturated carbocycles. The maximum atomic E-state index is 3.57. The van der Waals surface area contributed by atoms with Gasteiger partial charge in [0.2, 0.25) is 0 Å². The van der Waals surface area contributed by atoms with E-state index >= 15 is 0 Å². The summed E-state index contributed by atoms with van der Waals surface area (Å²) in [5, 5.41) is 3.57. The predicted octanol–water partition coefficient (Wildman–Crippen LogP) is 2.66. The number of nitrogens with one attached hydrogen (secondary N) is 1. The fourth-order valence-corrected chi connectivity index (χ4v) is 3.76. The second kappa shape index (κ2) is 6.15. The molecule has 1 aromatic rings. The molecule has 0 spiro atoms. The number of hydrogen-bond acceptors (Lipinski definition) is 3. The van der Waals surface area contributed by atoms with Crippen molar-refractivity contribution in [3.63, 3.8) is 0 Å². The van der Waals surface area contributed by atoms with Crippen LogP contribution in [0.2, 0.25) is 0 Å². The first-order chi connectivity index (χ1) is 9.74. The van der Waals surface area contributed by atoms with Gasteiger partial charge in [-0.2, -0.15) is 0 Å². The first kappa shape index (κ1) is 13.9. The van der Waals surface area contributed by atoms with Crippen molar-refractivity contribution in [2.45, 2.75) is 44.8 Å². The molecule has 0 amide bonds. The lowest BCUT2D eigenvalue weighted by atomic mass is 10.1. The zero-order chi connectivity index (χ0) is 13.9. The molecule has 0 aliphatic carbocycles. The summed E-state index contributed by atoms with van der Waals surface area (Å²) in [6.45, 7) is 9.59. The lowest BCUT2D eigenvalue weighted by molar-refractivity contribution is 0.0367. The molecule has 3 rings (SSSR count). The molecule has 2 fully saturated rings. The highest BCUT2D eigenvalue weighted by molar-refractivity contribution is 5.42. The largest absolute Gasteiger partial charge is 0.383 e. The lowest BCUT2D eigenvalue weighted by Gasteiger charge is -2.45. The van der Waals surface area contributed by atoms with Crippen molar-refractivity contribution in [1.29, 1.82) is 0 Å². The van der Waals surface area contributed by atoms with Crippen LogP contribution in [0.3, 0.4) is 0 Å². The van der Waals surface area contributed by atoms with E-state index < -0.39 is 0 Å². The van der Waals surface area contributed by atoms with Gasteiger partial charge < -0.3 is 5.32 Å². The average Bonchev–Trinajstić information content (AvgIpc) is 2.92. The van der Waals surface area contributed by atoms with Crippen LogP contribution in [0.15, 0.2) is 30.3 Å². The maximum absolute atomic E-state index is 3.57. The Hall–Kier alpha value is -1.06. The van der Waals surface area contributed by atoms with E-state index in [9.17, 15) is 0 Å². The van der Waals surface area contributed by atoms with Gasteiger partial charge in [-0.1, -0.05) is 18.2 Å². The second-order valence-electron chi connectivity index (χ2n) is 6.43. The summed E-state index contributed by atoms with van der Waals surface area (Å²) in [4.78, 5) is 5.39. The summed E-state index contributed by atoms with van der Waals surface area (Å²) in [5.74, 6) is 0. The van der Waals surface area contributed by atoms with Crippen molar-refractivity contribution in [3.8, 4) is 0 Å². The quantitative estimate of drug-likeness (QED) is 0.910. The van der Waals surface area contributed by atoms with Gasteiger partial charge in [0.05, 0.1) is 0 Å². The Balaban J connectivity index is 1.55. The Bertz CT molecular complexity index is 420. The number of rotatable bonds is 4. The number of para-hydroxylation sites is 1. The van der Waals surface area contributed by atoms with Gasteiger partial charge in [0.15, 0.2) is 0 Å². The zero-order valence-corrected chi connectivity index (χ0v) is 12.8. The van der Waals surface area contributed by atoms with Crippen molar-refractivity contribution in [2.75, 3.05) is 31.5 Å². The predicted molar refractivity (Wildman–Crippen MR) is 85.2 cm³/mol. The summed E-state index contributed by atoms with van der Waals surface area (Å²) in [5.41, 5.74) is 1.23. The van der Waals surface area contributed by atoms with Gasteiger partial charge in [0.1, 0.15) is 0 Å². The molecular weight excluding hydrogens is 246 g/mol. The first-order valence-electron chi connectivity index (χ1n) is 8.03. The van der Waals surface area contributed by atoms with Crippen LogP contribution in [-0.2, 0) is 0 Å². The Labute approximate surface area is 123 Å². The van der Waals surface area contributed by atoms with Gasteiger partial charge in [-0.15, -0.1) is 0 Å². The van der Waals surface area contributed by atoms with Gasteiger partial charge in [-0.3, -0.25) is 9.80 Å². The van der Waals surface area contributed by atoms with E-state index in [2.05, 4.69) is 59.3 Å². The van der Waals surface area contributed by atoms with Crippen molar-refractivity contribution >= 4 is 5.69 Å². The molecule has 110 valence electrons. The minimum Gasteiger partial charge on any atom is -0.383 e. The number of piperazine rings is 1. The molecule has 3 nitrogen and oxygen atoms in total. The van der Waals surface area contributed by atoms with Crippen LogP contribution in [0.1, 0.15) is 26.7 Å². The van der Waals surface area contributed by atoms with Crippen molar-refractivity contribution in [1.82, 2.24) is 9.80 Å². The molecule has 20 heavy (non-hydrogen) atoms. The fraction of sp³-hybridized carbons (Fsp3) is 0.647. The van der Waals surface area contributed by atoms with Gasteiger partial charge in [0.25, 0.3) is 0 Å². The Morgan fingerprint density at radius 1 is 1.25 bits per heavy atom. The van der Waals surface area contributed by atoms with Crippen LogP contribution in [0.5, 0.6) is 0 Å². The topological polar surface area (TPSA) is 18.5 Å². The molecule has 2 heterocycles. The number of hydrogen-bond donors (Lipinski definition) is 1. The minimum absolute atomic E-state index is 0.591. The van der Waals surface area contributed by atoms with Crippen LogP contribution in [0.25, 0.3) is 0 Å². The molecule has 2 saturated heterocycles. The summed E-state index contributed by atoms with van der Waals surface area (Å²) in [6.07, 6.45) is 2.78. The van der Waals surface area contributed by atoms with E-state index in [-0.39, 0.29) is 0 Å². The van der Waals surface area contributed by atoms with Crippen LogP contribution >= 0.6 is 0 Å².